The van der Waals surface area contributed by atoms with Gasteiger partial charge in [-0.25, -0.2) is 0 Å². The molecule has 0 aliphatic heterocycles. The van der Waals surface area contributed by atoms with E-state index in [2.05, 4.69) is 26.1 Å². The molecule has 1 heterocycles. The number of aromatic nitrogens is 2. The van der Waals surface area contributed by atoms with Gasteiger partial charge in [-0.05, 0) is 31.2 Å². The minimum atomic E-state index is -0.295. The van der Waals surface area contributed by atoms with E-state index in [0.29, 0.717) is 17.7 Å². The lowest BCUT2D eigenvalue weighted by Crippen LogP contribution is -2.06. The van der Waals surface area contributed by atoms with E-state index >= 15 is 0 Å². The summed E-state index contributed by atoms with van der Waals surface area (Å²) in [6.07, 6.45) is 0. The van der Waals surface area contributed by atoms with Crippen molar-refractivity contribution in [2.24, 2.45) is 0 Å². The summed E-state index contributed by atoms with van der Waals surface area (Å²) in [5.41, 5.74) is 0.832. The molecule has 0 saturated carbocycles. The summed E-state index contributed by atoms with van der Waals surface area (Å²) in [4.78, 5) is 11.2. The number of carbonyl (C=O) groups excluding carboxylic acids is 1. The van der Waals surface area contributed by atoms with Crippen molar-refractivity contribution in [1.29, 1.82) is 0 Å². The number of esters is 1. The highest BCUT2D eigenvalue weighted by Gasteiger charge is 2.11. The van der Waals surface area contributed by atoms with Gasteiger partial charge in [-0.1, -0.05) is 27.7 Å². The monoisotopic (exact) mass is 342 g/mol. The van der Waals surface area contributed by atoms with Gasteiger partial charge in [0.1, 0.15) is 5.75 Å². The van der Waals surface area contributed by atoms with Crippen LogP contribution in [0.5, 0.6) is 0 Å². The summed E-state index contributed by atoms with van der Waals surface area (Å²) in [5, 5.41) is 8.16. The highest BCUT2D eigenvalue weighted by molar-refractivity contribution is 9.10. The molecule has 100 valence electrons. The summed E-state index contributed by atoms with van der Waals surface area (Å²) in [6.45, 7) is 2.13. The third-order valence-electron chi connectivity index (χ3n) is 2.12. The van der Waals surface area contributed by atoms with Gasteiger partial charge in [0.05, 0.1) is 6.61 Å². The first-order valence-electron chi connectivity index (χ1n) is 5.57. The Labute approximate surface area is 122 Å². The first-order chi connectivity index (χ1) is 9.19. The molecule has 1 aromatic carbocycles. The van der Waals surface area contributed by atoms with Gasteiger partial charge >= 0.3 is 5.97 Å². The quantitative estimate of drug-likeness (QED) is 0.614. The van der Waals surface area contributed by atoms with E-state index < -0.39 is 0 Å². The first-order valence-corrected chi connectivity index (χ1v) is 7.34. The topological polar surface area (TPSA) is 65.2 Å². The number of hydrogen-bond acceptors (Lipinski definition) is 6. The molecule has 0 fully saturated rings. The molecular formula is C12H11BrN2O3S. The fourth-order valence-electron chi connectivity index (χ4n) is 1.30. The van der Waals surface area contributed by atoms with Crippen molar-refractivity contribution in [3.63, 3.8) is 0 Å². The SMILES string of the molecule is CCOC(=O)CSc1nnc(-c2ccc(Br)cc2)o1. The molecule has 2 rings (SSSR count). The van der Waals surface area contributed by atoms with E-state index in [1.165, 1.54) is 0 Å². The zero-order valence-electron chi connectivity index (χ0n) is 10.1. The molecule has 0 aliphatic carbocycles. The molecule has 19 heavy (non-hydrogen) atoms. The maximum absolute atomic E-state index is 11.2. The van der Waals surface area contributed by atoms with Crippen LogP contribution in [-0.2, 0) is 9.53 Å². The van der Waals surface area contributed by atoms with E-state index in [9.17, 15) is 4.79 Å². The van der Waals surface area contributed by atoms with Gasteiger partial charge in [-0.2, -0.15) is 0 Å². The van der Waals surface area contributed by atoms with Crippen LogP contribution in [0.1, 0.15) is 6.92 Å². The number of carbonyl (C=O) groups is 1. The number of thioether (sulfide) groups is 1. The average Bonchev–Trinajstić information content (AvgIpc) is 2.86. The van der Waals surface area contributed by atoms with E-state index in [-0.39, 0.29) is 11.7 Å². The lowest BCUT2D eigenvalue weighted by molar-refractivity contribution is -0.139. The normalized spacial score (nSPS) is 10.4. The van der Waals surface area contributed by atoms with E-state index in [1.807, 2.05) is 24.3 Å². The summed E-state index contributed by atoms with van der Waals surface area (Å²) in [5.74, 6) is 0.297. The Morgan fingerprint density at radius 3 is 2.79 bits per heavy atom. The number of rotatable bonds is 5. The van der Waals surface area contributed by atoms with Crippen molar-refractivity contribution in [3.8, 4) is 11.5 Å². The van der Waals surface area contributed by atoms with Crippen molar-refractivity contribution in [2.75, 3.05) is 12.4 Å². The second-order valence-corrected chi connectivity index (χ2v) is 5.32. The second-order valence-electron chi connectivity index (χ2n) is 3.47. The van der Waals surface area contributed by atoms with Gasteiger partial charge in [0.15, 0.2) is 0 Å². The van der Waals surface area contributed by atoms with Crippen molar-refractivity contribution in [1.82, 2.24) is 10.2 Å². The van der Waals surface area contributed by atoms with Crippen LogP contribution in [0.3, 0.4) is 0 Å². The summed E-state index contributed by atoms with van der Waals surface area (Å²) >= 11 is 4.52. The van der Waals surface area contributed by atoms with Gasteiger partial charge in [-0.15, -0.1) is 10.2 Å². The number of ether oxygens (including phenoxy) is 1. The highest BCUT2D eigenvalue weighted by Crippen LogP contribution is 2.24. The summed E-state index contributed by atoms with van der Waals surface area (Å²) in [6, 6.07) is 7.53. The minimum absolute atomic E-state index is 0.163. The van der Waals surface area contributed by atoms with Gasteiger partial charge in [0.25, 0.3) is 5.22 Å². The minimum Gasteiger partial charge on any atom is -0.465 e. The van der Waals surface area contributed by atoms with Gasteiger partial charge in [-0.3, -0.25) is 4.79 Å². The molecule has 0 N–H and O–H groups in total. The molecule has 0 amide bonds. The maximum Gasteiger partial charge on any atom is 0.316 e. The van der Waals surface area contributed by atoms with Crippen LogP contribution in [0, 0.1) is 0 Å². The van der Waals surface area contributed by atoms with Gasteiger partial charge in [0, 0.05) is 10.0 Å². The number of nitrogens with zero attached hydrogens (tertiary/aromatic N) is 2. The number of halogens is 1. The maximum atomic E-state index is 11.2. The second kappa shape index (κ2) is 6.72. The van der Waals surface area contributed by atoms with Crippen molar-refractivity contribution in [3.05, 3.63) is 28.7 Å². The lowest BCUT2D eigenvalue weighted by atomic mass is 10.2. The zero-order chi connectivity index (χ0) is 13.7. The van der Waals surface area contributed by atoms with Gasteiger partial charge in [0.2, 0.25) is 5.89 Å². The Bertz CT molecular complexity index is 556. The van der Waals surface area contributed by atoms with Crippen LogP contribution in [0.4, 0.5) is 0 Å². The lowest BCUT2D eigenvalue weighted by Gasteiger charge is -1.98. The largest absolute Gasteiger partial charge is 0.465 e. The summed E-state index contributed by atoms with van der Waals surface area (Å²) < 4.78 is 11.2. The fourth-order valence-corrected chi connectivity index (χ4v) is 2.13. The van der Waals surface area contributed by atoms with Crippen LogP contribution in [0.15, 0.2) is 38.4 Å². The molecule has 0 bridgehead atoms. The molecule has 1 aromatic heterocycles. The highest BCUT2D eigenvalue weighted by atomic mass is 79.9. The molecule has 5 nitrogen and oxygen atoms in total. The number of hydrogen-bond donors (Lipinski definition) is 0. The number of benzene rings is 1. The van der Waals surface area contributed by atoms with Crippen LogP contribution in [-0.4, -0.2) is 28.5 Å². The third-order valence-corrected chi connectivity index (χ3v) is 3.44. The molecular weight excluding hydrogens is 332 g/mol. The van der Waals surface area contributed by atoms with E-state index in [0.717, 1.165) is 21.8 Å². The smallest absolute Gasteiger partial charge is 0.316 e. The standard InChI is InChI=1S/C12H11BrN2O3S/c1-2-17-10(16)7-19-12-15-14-11(18-12)8-3-5-9(13)6-4-8/h3-6H,2,7H2,1H3. The first kappa shape index (κ1) is 14.1. The third kappa shape index (κ3) is 4.07. The van der Waals surface area contributed by atoms with Crippen LogP contribution >= 0.6 is 27.7 Å². The van der Waals surface area contributed by atoms with E-state index in [1.54, 1.807) is 6.92 Å². The molecule has 0 unspecified atom stereocenters. The average molecular weight is 343 g/mol. The van der Waals surface area contributed by atoms with Crippen LogP contribution in [0.25, 0.3) is 11.5 Å². The molecule has 7 heteroatoms. The summed E-state index contributed by atoms with van der Waals surface area (Å²) in [7, 11) is 0. The van der Waals surface area contributed by atoms with Crippen molar-refractivity contribution in [2.45, 2.75) is 12.1 Å². The van der Waals surface area contributed by atoms with Gasteiger partial charge < -0.3 is 9.15 Å². The molecule has 0 aliphatic rings. The molecule has 0 radical (unpaired) electrons. The molecule has 0 atom stereocenters. The molecule has 2 aromatic rings. The predicted octanol–water partition coefficient (Wildman–Crippen LogP) is 3.15. The van der Waals surface area contributed by atoms with Crippen molar-refractivity contribution >= 4 is 33.7 Å². The van der Waals surface area contributed by atoms with Crippen molar-refractivity contribution < 1.29 is 13.9 Å². The van der Waals surface area contributed by atoms with Crippen LogP contribution in [0.2, 0.25) is 0 Å². The van der Waals surface area contributed by atoms with E-state index in [4.69, 9.17) is 9.15 Å². The zero-order valence-corrected chi connectivity index (χ0v) is 12.5. The Morgan fingerprint density at radius 1 is 1.37 bits per heavy atom. The van der Waals surface area contributed by atoms with Crippen LogP contribution < -0.4 is 0 Å². The Morgan fingerprint density at radius 2 is 2.11 bits per heavy atom. The Hall–Kier alpha value is -1.34. The fraction of sp³-hybridized carbons (Fsp3) is 0.250. The predicted molar refractivity (Wildman–Crippen MR) is 74.8 cm³/mol. The Kier molecular flexibility index (Phi) is 4.98. The Balaban J connectivity index is 1.99. The molecule has 0 saturated heterocycles. The molecule has 0 spiro atoms.